The summed E-state index contributed by atoms with van der Waals surface area (Å²) in [5.74, 6) is -2.11. The Morgan fingerprint density at radius 3 is 2.57 bits per heavy atom. The van der Waals surface area contributed by atoms with Crippen LogP contribution in [-0.2, 0) is 4.79 Å². The van der Waals surface area contributed by atoms with Crippen molar-refractivity contribution in [1.82, 2.24) is 10.6 Å². The first kappa shape index (κ1) is 16.3. The fraction of sp³-hybridized carbons (Fsp3) is 0.333. The van der Waals surface area contributed by atoms with Gasteiger partial charge in [0.05, 0.1) is 23.2 Å². The number of rotatable bonds is 6. The summed E-state index contributed by atoms with van der Waals surface area (Å²) in [5, 5.41) is 18.1. The third kappa shape index (κ3) is 4.13. The number of nitrogens with one attached hydrogen (secondary N) is 3. The van der Waals surface area contributed by atoms with Crippen LogP contribution in [0, 0.1) is 15.9 Å². The standard InChI is InChI=1S/C12H15FN4O4/c1-3-15-9-4-7(10(17(20)21)5-8(9)13)12(19)16-6-11(18)14-2/h4-5,15H,3,6H2,1-2H3,(H,14,18)(H,16,19). The Morgan fingerprint density at radius 2 is 2.05 bits per heavy atom. The van der Waals surface area contributed by atoms with E-state index in [2.05, 4.69) is 16.0 Å². The predicted octanol–water partition coefficient (Wildman–Crippen LogP) is 0.642. The number of hydrogen-bond acceptors (Lipinski definition) is 5. The highest BCUT2D eigenvalue weighted by molar-refractivity contribution is 6.00. The van der Waals surface area contributed by atoms with Gasteiger partial charge in [0, 0.05) is 13.6 Å². The molecule has 8 nitrogen and oxygen atoms in total. The van der Waals surface area contributed by atoms with Gasteiger partial charge in [-0.2, -0.15) is 0 Å². The van der Waals surface area contributed by atoms with Gasteiger partial charge >= 0.3 is 0 Å². The van der Waals surface area contributed by atoms with Crippen molar-refractivity contribution >= 4 is 23.2 Å². The summed E-state index contributed by atoms with van der Waals surface area (Å²) in [6, 6.07) is 1.73. The lowest BCUT2D eigenvalue weighted by molar-refractivity contribution is -0.385. The van der Waals surface area contributed by atoms with Crippen molar-refractivity contribution in [2.24, 2.45) is 0 Å². The van der Waals surface area contributed by atoms with Crippen molar-refractivity contribution in [2.75, 3.05) is 25.5 Å². The number of nitro benzene ring substituents is 1. The van der Waals surface area contributed by atoms with Crippen LogP contribution in [0.25, 0.3) is 0 Å². The number of likely N-dealkylation sites (N-methyl/N-ethyl adjacent to an activating group) is 1. The van der Waals surface area contributed by atoms with Crippen LogP contribution >= 0.6 is 0 Å². The fourth-order valence-electron chi connectivity index (χ4n) is 1.57. The lowest BCUT2D eigenvalue weighted by Crippen LogP contribution is -2.35. The second-order valence-electron chi connectivity index (χ2n) is 3.99. The Kier molecular flexibility index (Phi) is 5.58. The van der Waals surface area contributed by atoms with Gasteiger partial charge in [-0.25, -0.2) is 4.39 Å². The van der Waals surface area contributed by atoms with Crippen molar-refractivity contribution in [2.45, 2.75) is 6.92 Å². The Labute approximate surface area is 119 Å². The molecule has 1 aromatic rings. The van der Waals surface area contributed by atoms with E-state index in [0.29, 0.717) is 12.6 Å². The summed E-state index contributed by atoms with van der Waals surface area (Å²) in [6.07, 6.45) is 0. The molecule has 0 aliphatic heterocycles. The zero-order valence-corrected chi connectivity index (χ0v) is 11.5. The minimum absolute atomic E-state index is 0.0202. The molecule has 3 N–H and O–H groups in total. The van der Waals surface area contributed by atoms with Crippen LogP contribution in [-0.4, -0.2) is 36.9 Å². The zero-order valence-electron chi connectivity index (χ0n) is 11.5. The number of nitrogens with zero attached hydrogens (tertiary/aromatic N) is 1. The van der Waals surface area contributed by atoms with Crippen molar-refractivity contribution in [1.29, 1.82) is 0 Å². The molecule has 0 aliphatic carbocycles. The maximum atomic E-state index is 13.6. The first-order valence-electron chi connectivity index (χ1n) is 6.11. The molecule has 0 saturated carbocycles. The third-order valence-corrected chi connectivity index (χ3v) is 2.58. The van der Waals surface area contributed by atoms with E-state index in [0.717, 1.165) is 6.07 Å². The Balaban J connectivity index is 3.12. The molecule has 1 rings (SSSR count). The first-order valence-corrected chi connectivity index (χ1v) is 6.11. The molecule has 0 heterocycles. The van der Waals surface area contributed by atoms with E-state index in [9.17, 15) is 24.1 Å². The fourth-order valence-corrected chi connectivity index (χ4v) is 1.57. The molecule has 0 aliphatic rings. The number of benzene rings is 1. The van der Waals surface area contributed by atoms with Gasteiger partial charge in [0.15, 0.2) is 5.82 Å². The monoisotopic (exact) mass is 298 g/mol. The molecule has 2 amide bonds. The topological polar surface area (TPSA) is 113 Å². The van der Waals surface area contributed by atoms with Gasteiger partial charge in [0.1, 0.15) is 5.56 Å². The molecule has 0 radical (unpaired) electrons. The van der Waals surface area contributed by atoms with Crippen LogP contribution in [0.4, 0.5) is 15.8 Å². The molecule has 0 unspecified atom stereocenters. The summed E-state index contributed by atoms with van der Waals surface area (Å²) >= 11 is 0. The molecule has 0 bridgehead atoms. The molecule has 114 valence electrons. The Hall–Kier alpha value is -2.71. The van der Waals surface area contributed by atoms with E-state index in [1.165, 1.54) is 7.05 Å². The number of anilines is 1. The summed E-state index contributed by atoms with van der Waals surface area (Å²) in [5.41, 5.74) is -1.00. The molecule has 9 heteroatoms. The van der Waals surface area contributed by atoms with Crippen molar-refractivity contribution in [3.05, 3.63) is 33.6 Å². The molecular formula is C12H15FN4O4. The molecule has 1 aromatic carbocycles. The van der Waals surface area contributed by atoms with E-state index < -0.39 is 28.2 Å². The smallest absolute Gasteiger partial charge is 0.285 e. The van der Waals surface area contributed by atoms with Crippen LogP contribution in [0.15, 0.2) is 12.1 Å². The van der Waals surface area contributed by atoms with Crippen molar-refractivity contribution < 1.29 is 18.9 Å². The highest BCUT2D eigenvalue weighted by Crippen LogP contribution is 2.26. The van der Waals surface area contributed by atoms with Gasteiger partial charge < -0.3 is 16.0 Å². The molecule has 0 fully saturated rings. The SMILES string of the molecule is CCNc1cc(C(=O)NCC(=O)NC)c([N+](=O)[O-])cc1F. The lowest BCUT2D eigenvalue weighted by atomic mass is 10.1. The van der Waals surface area contributed by atoms with Crippen LogP contribution in [0.5, 0.6) is 0 Å². The van der Waals surface area contributed by atoms with Crippen molar-refractivity contribution in [3.63, 3.8) is 0 Å². The number of hydrogen-bond donors (Lipinski definition) is 3. The van der Waals surface area contributed by atoms with Gasteiger partial charge in [-0.15, -0.1) is 0 Å². The highest BCUT2D eigenvalue weighted by Gasteiger charge is 2.23. The quantitative estimate of drug-likeness (QED) is 0.527. The first-order chi connectivity index (χ1) is 9.90. The van der Waals surface area contributed by atoms with Crippen LogP contribution in [0.1, 0.15) is 17.3 Å². The summed E-state index contributed by atoms with van der Waals surface area (Å²) < 4.78 is 13.6. The number of halogens is 1. The minimum atomic E-state index is -0.854. The zero-order chi connectivity index (χ0) is 16.0. The molecule has 0 saturated heterocycles. The van der Waals surface area contributed by atoms with Crippen LogP contribution < -0.4 is 16.0 Å². The number of carbonyl (C=O) groups is 2. The van der Waals surface area contributed by atoms with E-state index >= 15 is 0 Å². The third-order valence-electron chi connectivity index (χ3n) is 2.58. The lowest BCUT2D eigenvalue weighted by Gasteiger charge is -2.09. The van der Waals surface area contributed by atoms with E-state index in [1.807, 2.05) is 0 Å². The summed E-state index contributed by atoms with van der Waals surface area (Å²) in [6.45, 7) is 1.76. The second kappa shape index (κ2) is 7.17. The predicted molar refractivity (Wildman–Crippen MR) is 73.6 cm³/mol. The molecule has 0 aromatic heterocycles. The van der Waals surface area contributed by atoms with Crippen molar-refractivity contribution in [3.8, 4) is 0 Å². The maximum absolute atomic E-state index is 13.6. The van der Waals surface area contributed by atoms with E-state index in [4.69, 9.17) is 0 Å². The van der Waals surface area contributed by atoms with E-state index in [-0.39, 0.29) is 17.8 Å². The molecule has 0 atom stereocenters. The van der Waals surface area contributed by atoms with Crippen LogP contribution in [0.2, 0.25) is 0 Å². The van der Waals surface area contributed by atoms with Gasteiger partial charge in [0.25, 0.3) is 11.6 Å². The highest BCUT2D eigenvalue weighted by atomic mass is 19.1. The van der Waals surface area contributed by atoms with Crippen LogP contribution in [0.3, 0.4) is 0 Å². The largest absolute Gasteiger partial charge is 0.383 e. The minimum Gasteiger partial charge on any atom is -0.383 e. The number of carbonyl (C=O) groups excluding carboxylic acids is 2. The van der Waals surface area contributed by atoms with Gasteiger partial charge in [-0.05, 0) is 13.0 Å². The van der Waals surface area contributed by atoms with Gasteiger partial charge in [-0.3, -0.25) is 19.7 Å². The average Bonchev–Trinajstić information content (AvgIpc) is 2.45. The summed E-state index contributed by atoms with van der Waals surface area (Å²) in [4.78, 5) is 33.0. The van der Waals surface area contributed by atoms with E-state index in [1.54, 1.807) is 6.92 Å². The molecular weight excluding hydrogens is 283 g/mol. The summed E-state index contributed by atoms with van der Waals surface area (Å²) in [7, 11) is 1.39. The number of nitro groups is 1. The maximum Gasteiger partial charge on any atom is 0.285 e. The Morgan fingerprint density at radius 1 is 1.38 bits per heavy atom. The second-order valence-corrected chi connectivity index (χ2v) is 3.99. The van der Waals surface area contributed by atoms with Gasteiger partial charge in [0.2, 0.25) is 5.91 Å². The molecule has 21 heavy (non-hydrogen) atoms. The number of amides is 2. The normalized spacial score (nSPS) is 9.86. The average molecular weight is 298 g/mol. The Bertz CT molecular complexity index is 577. The molecule has 0 spiro atoms. The van der Waals surface area contributed by atoms with Gasteiger partial charge in [-0.1, -0.05) is 0 Å².